The molecule has 8 nitrogen and oxygen atoms in total. The molecule has 1 aromatic heterocycles. The Balaban J connectivity index is 1.17. The van der Waals surface area contributed by atoms with Crippen molar-refractivity contribution in [2.75, 3.05) is 13.1 Å². The summed E-state index contributed by atoms with van der Waals surface area (Å²) in [6, 6.07) is 31.6. The second kappa shape index (κ2) is 18.1. The average Bonchev–Trinajstić information content (AvgIpc) is 3.59. The topological polar surface area (TPSA) is 104 Å². The Bertz CT molecular complexity index is 2530. The molecule has 9 rings (SSSR count). The molecule has 2 bridgehead atoms. The van der Waals surface area contributed by atoms with Crippen LogP contribution in [0.1, 0.15) is 124 Å². The Morgan fingerprint density at radius 2 is 1.53 bits per heavy atom. The lowest BCUT2D eigenvalue weighted by molar-refractivity contribution is -0.188. The Labute approximate surface area is 366 Å². The fourth-order valence-corrected chi connectivity index (χ4v) is 10.0. The van der Waals surface area contributed by atoms with E-state index in [1.54, 1.807) is 0 Å². The van der Waals surface area contributed by atoms with E-state index >= 15 is 0 Å². The van der Waals surface area contributed by atoms with Crippen LogP contribution in [0.3, 0.4) is 0 Å². The maximum absolute atomic E-state index is 14.6. The SMILES string of the molecule is CCNCCC1(C)CCc2c1c(=O)oc1c3c(ccc21)OC(C)(C)C1OC(=O)C(=C(C)C)CCc2ccc(cc2)CC(CCc2cccc(Cc4ccccc4)c2)CC(=O)OC31. The largest absolute Gasteiger partial charge is 0.483 e. The Morgan fingerprint density at radius 3 is 2.29 bits per heavy atom. The molecular formula is C54H61NO7. The number of nitrogens with one attached hydrogen (secondary N) is 1. The van der Waals surface area contributed by atoms with Gasteiger partial charge in [-0.25, -0.2) is 9.59 Å². The summed E-state index contributed by atoms with van der Waals surface area (Å²) in [4.78, 5) is 43.1. The highest BCUT2D eigenvalue weighted by Crippen LogP contribution is 2.50. The summed E-state index contributed by atoms with van der Waals surface area (Å²) in [7, 11) is 0. The fraction of sp³-hybridized carbons (Fsp3) is 0.426. The van der Waals surface area contributed by atoms with Crippen molar-refractivity contribution >= 4 is 22.9 Å². The van der Waals surface area contributed by atoms with Crippen LogP contribution in [0, 0.1) is 5.92 Å². The highest BCUT2D eigenvalue weighted by Gasteiger charge is 2.51. The van der Waals surface area contributed by atoms with Crippen LogP contribution in [-0.4, -0.2) is 36.7 Å². The van der Waals surface area contributed by atoms with Crippen LogP contribution in [0.25, 0.3) is 11.0 Å². The predicted molar refractivity (Wildman–Crippen MR) is 244 cm³/mol. The van der Waals surface area contributed by atoms with Gasteiger partial charge in [-0.2, -0.15) is 0 Å². The molecule has 5 aromatic rings. The highest BCUT2D eigenvalue weighted by atomic mass is 16.6. The molecule has 324 valence electrons. The van der Waals surface area contributed by atoms with Crippen LogP contribution < -0.4 is 15.7 Å². The lowest BCUT2D eigenvalue weighted by atomic mass is 9.81. The molecule has 4 heterocycles. The first-order valence-corrected chi connectivity index (χ1v) is 22.6. The summed E-state index contributed by atoms with van der Waals surface area (Å²) < 4.78 is 26.2. The molecule has 0 fully saturated rings. The van der Waals surface area contributed by atoms with Gasteiger partial charge in [0, 0.05) is 28.4 Å². The molecule has 4 aromatic carbocycles. The zero-order chi connectivity index (χ0) is 43.6. The van der Waals surface area contributed by atoms with Gasteiger partial charge in [-0.1, -0.05) is 98.3 Å². The molecule has 0 radical (unpaired) electrons. The number of carbonyl (C=O) groups excluding carboxylic acids is 2. The van der Waals surface area contributed by atoms with Crippen molar-refractivity contribution in [2.45, 2.75) is 129 Å². The smallest absolute Gasteiger partial charge is 0.340 e. The molecular weight excluding hydrogens is 775 g/mol. The van der Waals surface area contributed by atoms with E-state index in [0.29, 0.717) is 47.3 Å². The summed E-state index contributed by atoms with van der Waals surface area (Å²) in [5.41, 5.74) is 8.02. The van der Waals surface area contributed by atoms with E-state index in [9.17, 15) is 14.4 Å². The molecule has 1 aliphatic carbocycles. The molecule has 4 atom stereocenters. The maximum Gasteiger partial charge on any atom is 0.340 e. The van der Waals surface area contributed by atoms with Crippen LogP contribution in [0.15, 0.2) is 111 Å². The number of hydrogen-bond acceptors (Lipinski definition) is 8. The van der Waals surface area contributed by atoms with Crippen molar-refractivity contribution in [3.05, 3.63) is 157 Å². The molecule has 62 heavy (non-hydrogen) atoms. The number of carbonyl (C=O) groups is 2. The summed E-state index contributed by atoms with van der Waals surface area (Å²) in [5, 5.41) is 4.21. The zero-order valence-electron chi connectivity index (χ0n) is 37.2. The normalized spacial score (nSPS) is 22.3. The Kier molecular flexibility index (Phi) is 12.6. The van der Waals surface area contributed by atoms with Crippen molar-refractivity contribution in [3.63, 3.8) is 0 Å². The lowest BCUT2D eigenvalue weighted by Gasteiger charge is -2.43. The first-order chi connectivity index (χ1) is 29.8. The first kappa shape index (κ1) is 43.2. The van der Waals surface area contributed by atoms with E-state index in [2.05, 4.69) is 92.0 Å². The molecule has 3 aliphatic heterocycles. The Morgan fingerprint density at radius 1 is 0.790 bits per heavy atom. The molecule has 4 unspecified atom stereocenters. The number of ether oxygens (including phenoxy) is 3. The van der Waals surface area contributed by atoms with Gasteiger partial charge in [0.05, 0.1) is 5.56 Å². The van der Waals surface area contributed by atoms with Crippen molar-refractivity contribution in [1.82, 2.24) is 5.32 Å². The zero-order valence-corrected chi connectivity index (χ0v) is 37.2. The first-order valence-electron chi connectivity index (χ1n) is 22.6. The number of benzene rings is 4. The van der Waals surface area contributed by atoms with Crippen molar-refractivity contribution in [2.24, 2.45) is 5.92 Å². The van der Waals surface area contributed by atoms with Gasteiger partial charge in [0.2, 0.25) is 0 Å². The number of hydrogen-bond donors (Lipinski definition) is 1. The molecule has 8 heteroatoms. The van der Waals surface area contributed by atoms with Gasteiger partial charge in [-0.3, -0.25) is 4.79 Å². The average molecular weight is 836 g/mol. The van der Waals surface area contributed by atoms with Crippen molar-refractivity contribution in [3.8, 4) is 5.75 Å². The third kappa shape index (κ3) is 9.17. The van der Waals surface area contributed by atoms with Gasteiger partial charge in [0.15, 0.2) is 12.2 Å². The van der Waals surface area contributed by atoms with Crippen LogP contribution in [0.5, 0.6) is 5.75 Å². The minimum absolute atomic E-state index is 0.0433. The van der Waals surface area contributed by atoms with E-state index in [1.807, 2.05) is 45.9 Å². The molecule has 1 N–H and O–H groups in total. The van der Waals surface area contributed by atoms with Crippen molar-refractivity contribution < 1.29 is 28.2 Å². The third-order valence-corrected chi connectivity index (χ3v) is 13.5. The van der Waals surface area contributed by atoms with Crippen LogP contribution in [-0.2, 0) is 56.6 Å². The molecule has 4 aliphatic rings. The highest BCUT2D eigenvalue weighted by molar-refractivity contribution is 5.90. The van der Waals surface area contributed by atoms with Gasteiger partial charge in [0.1, 0.15) is 16.9 Å². The number of aryl methyl sites for hydroxylation is 3. The molecule has 0 saturated heterocycles. The summed E-state index contributed by atoms with van der Waals surface area (Å²) in [5.74, 6) is -0.498. The maximum atomic E-state index is 14.6. The van der Waals surface area contributed by atoms with Gasteiger partial charge in [0.25, 0.3) is 0 Å². The van der Waals surface area contributed by atoms with E-state index < -0.39 is 29.7 Å². The van der Waals surface area contributed by atoms with Gasteiger partial charge in [-0.15, -0.1) is 0 Å². The monoisotopic (exact) mass is 835 g/mol. The van der Waals surface area contributed by atoms with E-state index in [0.717, 1.165) is 79.3 Å². The quantitative estimate of drug-likeness (QED) is 0.0678. The molecule has 0 spiro atoms. The number of allylic oxidation sites excluding steroid dienone is 1. The minimum atomic E-state index is -1.11. The number of fused-ring (bicyclic) bond motifs is 15. The van der Waals surface area contributed by atoms with Gasteiger partial charge in [-0.05, 0) is 150 Å². The number of esters is 2. The predicted octanol–water partition coefficient (Wildman–Crippen LogP) is 10.4. The van der Waals surface area contributed by atoms with Gasteiger partial charge >= 0.3 is 17.6 Å². The summed E-state index contributed by atoms with van der Waals surface area (Å²) in [6.45, 7) is 13.4. The van der Waals surface area contributed by atoms with Crippen LogP contribution >= 0.6 is 0 Å². The van der Waals surface area contributed by atoms with Gasteiger partial charge < -0.3 is 23.9 Å². The lowest BCUT2D eigenvalue weighted by Crippen LogP contribution is -2.52. The van der Waals surface area contributed by atoms with E-state index in [1.165, 1.54) is 16.7 Å². The Hall–Kier alpha value is -5.47. The fourth-order valence-electron chi connectivity index (χ4n) is 10.0. The third-order valence-electron chi connectivity index (χ3n) is 13.5. The number of rotatable bonds is 9. The van der Waals surface area contributed by atoms with E-state index in [4.69, 9.17) is 18.6 Å². The summed E-state index contributed by atoms with van der Waals surface area (Å²) in [6.07, 6.45) is 4.61. The second-order valence-corrected chi connectivity index (χ2v) is 18.8. The van der Waals surface area contributed by atoms with E-state index in [-0.39, 0.29) is 23.4 Å². The van der Waals surface area contributed by atoms with Crippen LogP contribution in [0.4, 0.5) is 0 Å². The molecule has 0 amide bonds. The van der Waals surface area contributed by atoms with Crippen molar-refractivity contribution in [1.29, 1.82) is 0 Å². The minimum Gasteiger partial charge on any atom is -0.483 e. The second-order valence-electron chi connectivity index (χ2n) is 18.8. The van der Waals surface area contributed by atoms with Crippen LogP contribution in [0.2, 0.25) is 0 Å². The molecule has 0 saturated carbocycles. The standard InChI is InChI=1S/C54H61NO7/c1-7-55-29-28-54(6)27-26-42-43-24-25-44-46(48(43)60-52(58)47(42)54)49-50(53(4,5)62-44)61-51(57)41(34(2)3)23-22-35-16-18-38(19-17-35)32-40(33-45(56)59-49)21-20-37-14-11-15-39(31-37)30-36-12-9-8-10-13-36/h8-19,24-25,31,40,49-50,55H,7,20-23,26-30,32-33H2,1-6H3. The summed E-state index contributed by atoms with van der Waals surface area (Å²) >= 11 is 0.